The standard InChI is InChI=1S/C17H15N3O3/c1-23-14-7-4-6-13(9-14)19-16(21)11-20-17(22)15-8-3-2-5-12(15)10-18-20/h2-10H,11H2,1H3,(H,19,21). The minimum Gasteiger partial charge on any atom is -0.497 e. The average Bonchev–Trinajstić information content (AvgIpc) is 2.58. The number of hydrogen-bond acceptors (Lipinski definition) is 4. The molecule has 0 aliphatic carbocycles. The third-order valence-electron chi connectivity index (χ3n) is 3.41. The summed E-state index contributed by atoms with van der Waals surface area (Å²) in [6.45, 7) is -0.152. The van der Waals surface area contributed by atoms with Crippen molar-refractivity contribution in [2.24, 2.45) is 0 Å². The number of aromatic nitrogens is 2. The number of anilines is 1. The molecule has 0 aliphatic rings. The van der Waals surface area contributed by atoms with Crippen molar-refractivity contribution in [2.75, 3.05) is 12.4 Å². The van der Waals surface area contributed by atoms with Gasteiger partial charge in [0, 0.05) is 17.1 Å². The Hall–Kier alpha value is -3.15. The smallest absolute Gasteiger partial charge is 0.275 e. The van der Waals surface area contributed by atoms with Gasteiger partial charge < -0.3 is 10.1 Å². The van der Waals surface area contributed by atoms with E-state index >= 15 is 0 Å². The first-order valence-electron chi connectivity index (χ1n) is 7.06. The van der Waals surface area contributed by atoms with Crippen LogP contribution >= 0.6 is 0 Å². The lowest BCUT2D eigenvalue weighted by atomic mass is 10.2. The first-order chi connectivity index (χ1) is 11.2. The number of hydrogen-bond donors (Lipinski definition) is 1. The van der Waals surface area contributed by atoms with Gasteiger partial charge in [-0.3, -0.25) is 9.59 Å². The van der Waals surface area contributed by atoms with Crippen LogP contribution in [0.1, 0.15) is 0 Å². The molecule has 1 amide bonds. The van der Waals surface area contributed by atoms with Gasteiger partial charge in [0.1, 0.15) is 12.3 Å². The number of carbonyl (C=O) groups is 1. The van der Waals surface area contributed by atoms with Gasteiger partial charge in [0.25, 0.3) is 5.56 Å². The van der Waals surface area contributed by atoms with E-state index in [1.54, 1.807) is 49.7 Å². The van der Waals surface area contributed by atoms with Crippen molar-refractivity contribution in [1.82, 2.24) is 9.78 Å². The summed E-state index contributed by atoms with van der Waals surface area (Å²) in [6, 6.07) is 14.2. The summed E-state index contributed by atoms with van der Waals surface area (Å²) in [7, 11) is 1.56. The molecular weight excluding hydrogens is 294 g/mol. The van der Waals surface area contributed by atoms with Gasteiger partial charge in [-0.05, 0) is 18.2 Å². The third-order valence-corrected chi connectivity index (χ3v) is 3.41. The van der Waals surface area contributed by atoms with Crippen LogP contribution in [0.5, 0.6) is 5.75 Å². The Kier molecular flexibility index (Phi) is 4.05. The topological polar surface area (TPSA) is 73.2 Å². The highest BCUT2D eigenvalue weighted by Crippen LogP contribution is 2.16. The number of amides is 1. The van der Waals surface area contributed by atoms with E-state index in [0.29, 0.717) is 16.8 Å². The van der Waals surface area contributed by atoms with Gasteiger partial charge in [-0.15, -0.1) is 0 Å². The van der Waals surface area contributed by atoms with Crippen molar-refractivity contribution in [3.63, 3.8) is 0 Å². The van der Waals surface area contributed by atoms with E-state index < -0.39 is 0 Å². The maximum atomic E-state index is 12.3. The number of nitrogens with one attached hydrogen (secondary N) is 1. The Balaban J connectivity index is 1.80. The Labute approximate surface area is 132 Å². The predicted octanol–water partition coefficient (Wildman–Crippen LogP) is 2.04. The molecule has 0 bridgehead atoms. The van der Waals surface area contributed by atoms with Crippen LogP contribution in [0.3, 0.4) is 0 Å². The monoisotopic (exact) mass is 309 g/mol. The normalized spacial score (nSPS) is 10.5. The van der Waals surface area contributed by atoms with Crippen LogP contribution in [-0.2, 0) is 11.3 Å². The lowest BCUT2D eigenvalue weighted by Crippen LogP contribution is -2.29. The summed E-state index contributed by atoms with van der Waals surface area (Å²) >= 11 is 0. The summed E-state index contributed by atoms with van der Waals surface area (Å²) in [5, 5.41) is 8.05. The van der Waals surface area contributed by atoms with Crippen molar-refractivity contribution in [3.8, 4) is 5.75 Å². The molecule has 1 N–H and O–H groups in total. The molecule has 1 aromatic heterocycles. The zero-order valence-electron chi connectivity index (χ0n) is 12.5. The molecule has 0 unspecified atom stereocenters. The highest BCUT2D eigenvalue weighted by atomic mass is 16.5. The number of ether oxygens (including phenoxy) is 1. The highest BCUT2D eigenvalue weighted by molar-refractivity contribution is 5.91. The van der Waals surface area contributed by atoms with Gasteiger partial charge >= 0.3 is 0 Å². The second kappa shape index (κ2) is 6.31. The highest BCUT2D eigenvalue weighted by Gasteiger charge is 2.09. The quantitative estimate of drug-likeness (QED) is 0.800. The molecule has 6 nitrogen and oxygen atoms in total. The van der Waals surface area contributed by atoms with E-state index in [0.717, 1.165) is 10.1 Å². The molecule has 3 rings (SSSR count). The van der Waals surface area contributed by atoms with Crippen LogP contribution in [0.15, 0.2) is 59.5 Å². The molecule has 3 aromatic rings. The van der Waals surface area contributed by atoms with Gasteiger partial charge in [0.05, 0.1) is 18.7 Å². The van der Waals surface area contributed by atoms with Crippen molar-refractivity contribution in [1.29, 1.82) is 0 Å². The molecule has 0 radical (unpaired) electrons. The van der Waals surface area contributed by atoms with Gasteiger partial charge in [-0.25, -0.2) is 4.68 Å². The second-order valence-electron chi connectivity index (χ2n) is 4.97. The average molecular weight is 309 g/mol. The van der Waals surface area contributed by atoms with Crippen molar-refractivity contribution >= 4 is 22.4 Å². The largest absolute Gasteiger partial charge is 0.497 e. The van der Waals surface area contributed by atoms with Crippen LogP contribution in [0.25, 0.3) is 10.8 Å². The number of benzene rings is 2. The minimum atomic E-state index is -0.330. The molecule has 23 heavy (non-hydrogen) atoms. The number of rotatable bonds is 4. The molecule has 0 saturated heterocycles. The number of nitrogens with zero attached hydrogens (tertiary/aromatic N) is 2. The fraction of sp³-hybridized carbons (Fsp3) is 0.118. The van der Waals surface area contributed by atoms with E-state index in [-0.39, 0.29) is 18.0 Å². The molecule has 0 atom stereocenters. The molecule has 0 saturated carbocycles. The molecular formula is C17H15N3O3. The van der Waals surface area contributed by atoms with E-state index in [9.17, 15) is 9.59 Å². The maximum Gasteiger partial charge on any atom is 0.275 e. The summed E-state index contributed by atoms with van der Waals surface area (Å²) in [5.41, 5.74) is 0.312. The first-order valence-corrected chi connectivity index (χ1v) is 7.06. The first kappa shape index (κ1) is 14.8. The summed E-state index contributed by atoms with van der Waals surface area (Å²) in [5.74, 6) is 0.312. The van der Waals surface area contributed by atoms with Crippen LogP contribution in [0, 0.1) is 0 Å². The van der Waals surface area contributed by atoms with Crippen LogP contribution in [0.2, 0.25) is 0 Å². The molecule has 116 valence electrons. The lowest BCUT2D eigenvalue weighted by Gasteiger charge is -2.08. The van der Waals surface area contributed by atoms with E-state index in [1.807, 2.05) is 12.1 Å². The molecule has 0 spiro atoms. The Morgan fingerprint density at radius 1 is 1.22 bits per heavy atom. The lowest BCUT2D eigenvalue weighted by molar-refractivity contribution is -0.117. The molecule has 0 aliphatic heterocycles. The molecule has 6 heteroatoms. The van der Waals surface area contributed by atoms with Crippen LogP contribution in [-0.4, -0.2) is 22.8 Å². The van der Waals surface area contributed by atoms with Gasteiger partial charge in [-0.1, -0.05) is 24.3 Å². The third kappa shape index (κ3) is 3.21. The minimum absolute atomic E-state index is 0.152. The van der Waals surface area contributed by atoms with E-state index in [2.05, 4.69) is 10.4 Å². The SMILES string of the molecule is COc1cccc(NC(=O)Cn2ncc3ccccc3c2=O)c1. The van der Waals surface area contributed by atoms with Crippen molar-refractivity contribution < 1.29 is 9.53 Å². The summed E-state index contributed by atoms with van der Waals surface area (Å²) in [4.78, 5) is 24.4. The number of methoxy groups -OCH3 is 1. The van der Waals surface area contributed by atoms with Crippen molar-refractivity contribution in [3.05, 3.63) is 65.1 Å². The molecule has 2 aromatic carbocycles. The number of fused-ring (bicyclic) bond motifs is 1. The van der Waals surface area contributed by atoms with E-state index in [4.69, 9.17) is 4.74 Å². The van der Waals surface area contributed by atoms with Crippen molar-refractivity contribution in [2.45, 2.75) is 6.54 Å². The second-order valence-corrected chi connectivity index (χ2v) is 4.97. The zero-order chi connectivity index (χ0) is 16.2. The Morgan fingerprint density at radius 2 is 2.04 bits per heavy atom. The maximum absolute atomic E-state index is 12.3. The summed E-state index contributed by atoms with van der Waals surface area (Å²) in [6.07, 6.45) is 1.58. The Morgan fingerprint density at radius 3 is 2.87 bits per heavy atom. The fourth-order valence-corrected chi connectivity index (χ4v) is 2.28. The number of carbonyl (C=O) groups excluding carboxylic acids is 1. The van der Waals surface area contributed by atoms with E-state index in [1.165, 1.54) is 0 Å². The van der Waals surface area contributed by atoms with Gasteiger partial charge in [0.15, 0.2) is 0 Å². The zero-order valence-corrected chi connectivity index (χ0v) is 12.5. The molecule has 0 fully saturated rings. The van der Waals surface area contributed by atoms with Crippen LogP contribution < -0.4 is 15.6 Å². The predicted molar refractivity (Wildman–Crippen MR) is 87.6 cm³/mol. The van der Waals surface area contributed by atoms with Gasteiger partial charge in [-0.2, -0.15) is 5.10 Å². The Bertz CT molecular complexity index is 918. The van der Waals surface area contributed by atoms with Crippen LogP contribution in [0.4, 0.5) is 5.69 Å². The van der Waals surface area contributed by atoms with Gasteiger partial charge in [0.2, 0.25) is 5.91 Å². The fourth-order valence-electron chi connectivity index (χ4n) is 2.28. The molecule has 1 heterocycles. The summed E-state index contributed by atoms with van der Waals surface area (Å²) < 4.78 is 6.25.